The van der Waals surface area contributed by atoms with Gasteiger partial charge in [0, 0.05) is 6.54 Å². The molecule has 0 atom stereocenters. The molecule has 90 valence electrons. The number of halogens is 3. The van der Waals surface area contributed by atoms with Crippen LogP contribution in [0, 0.1) is 11.6 Å². The summed E-state index contributed by atoms with van der Waals surface area (Å²) in [6, 6.07) is 3.66. The average molecular weight is 251 g/mol. The molecule has 0 heterocycles. The summed E-state index contributed by atoms with van der Waals surface area (Å²) in [5.74, 6) is -2.01. The van der Waals surface area contributed by atoms with E-state index in [9.17, 15) is 13.6 Å². The molecule has 0 aliphatic heterocycles. The average Bonchev–Trinajstić information content (AvgIpc) is 2.23. The lowest BCUT2D eigenvalue weighted by Crippen LogP contribution is -2.31. The smallest absolute Gasteiger partial charge is 0.233 e. The summed E-state index contributed by atoms with van der Waals surface area (Å²) in [6.45, 7) is 0.291. The van der Waals surface area contributed by atoms with Gasteiger partial charge in [0.25, 0.3) is 0 Å². The van der Waals surface area contributed by atoms with E-state index in [2.05, 4.69) is 5.32 Å². The molecule has 1 aromatic carbocycles. The van der Waals surface area contributed by atoms with E-state index < -0.39 is 11.6 Å². The van der Waals surface area contributed by atoms with Crippen molar-refractivity contribution in [2.75, 3.05) is 13.1 Å². The van der Waals surface area contributed by atoms with Crippen molar-refractivity contribution in [3.05, 3.63) is 35.4 Å². The van der Waals surface area contributed by atoms with E-state index in [-0.39, 0.29) is 24.9 Å². The van der Waals surface area contributed by atoms with E-state index in [1.165, 1.54) is 6.07 Å². The summed E-state index contributed by atoms with van der Waals surface area (Å²) >= 11 is 0. The van der Waals surface area contributed by atoms with E-state index in [0.29, 0.717) is 18.5 Å². The van der Waals surface area contributed by atoms with Gasteiger partial charge in [0.1, 0.15) is 0 Å². The molecular formula is C10H13ClF2N2O. The normalized spacial score (nSPS) is 9.44. The third kappa shape index (κ3) is 4.55. The first-order chi connectivity index (χ1) is 7.13. The molecule has 0 fully saturated rings. The number of nitrogens with one attached hydrogen (secondary N) is 1. The Hall–Kier alpha value is -1.20. The minimum atomic E-state index is -0.877. The first-order valence-corrected chi connectivity index (χ1v) is 4.54. The molecule has 0 aliphatic carbocycles. The molecule has 1 rings (SSSR count). The van der Waals surface area contributed by atoms with Gasteiger partial charge in [-0.3, -0.25) is 4.79 Å². The molecule has 1 amide bonds. The minimum Gasteiger partial charge on any atom is -0.355 e. The van der Waals surface area contributed by atoms with E-state index in [4.69, 9.17) is 5.73 Å². The Bertz CT molecular complexity index is 361. The molecule has 0 radical (unpaired) electrons. The zero-order chi connectivity index (χ0) is 11.3. The number of hydrogen-bond donors (Lipinski definition) is 2. The number of carbonyl (C=O) groups excluding carboxylic acids is 1. The zero-order valence-electron chi connectivity index (χ0n) is 8.50. The lowest BCUT2D eigenvalue weighted by Gasteiger charge is -2.03. The first-order valence-electron chi connectivity index (χ1n) is 4.54. The van der Waals surface area contributed by atoms with Gasteiger partial charge in [0.2, 0.25) is 5.91 Å². The van der Waals surface area contributed by atoms with Gasteiger partial charge in [-0.25, -0.2) is 8.78 Å². The Morgan fingerprint density at radius 3 is 2.56 bits per heavy atom. The van der Waals surface area contributed by atoms with Crippen molar-refractivity contribution in [1.29, 1.82) is 0 Å². The molecule has 1 aromatic rings. The summed E-state index contributed by atoms with van der Waals surface area (Å²) in [5, 5.41) is 2.53. The first kappa shape index (κ1) is 14.8. The maximum Gasteiger partial charge on any atom is 0.233 e. The maximum atomic E-state index is 12.7. The molecule has 0 saturated heterocycles. The Morgan fingerprint density at radius 1 is 1.31 bits per heavy atom. The highest BCUT2D eigenvalue weighted by molar-refractivity contribution is 5.85. The number of nitrogens with two attached hydrogens (primary N) is 1. The van der Waals surface area contributed by atoms with Crippen molar-refractivity contribution >= 4 is 18.3 Å². The molecular weight excluding hydrogens is 238 g/mol. The van der Waals surface area contributed by atoms with Crippen LogP contribution in [0.25, 0.3) is 0 Å². The second-order valence-corrected chi connectivity index (χ2v) is 3.05. The van der Waals surface area contributed by atoms with Crippen LogP contribution in [0.2, 0.25) is 0 Å². The number of benzene rings is 1. The highest BCUT2D eigenvalue weighted by Crippen LogP contribution is 2.08. The Balaban J connectivity index is 0.00000225. The number of rotatable bonds is 4. The van der Waals surface area contributed by atoms with Gasteiger partial charge in [-0.1, -0.05) is 6.07 Å². The van der Waals surface area contributed by atoms with Crippen LogP contribution in [-0.2, 0) is 11.2 Å². The second-order valence-electron chi connectivity index (χ2n) is 3.05. The third-order valence-corrected chi connectivity index (χ3v) is 1.91. The number of amides is 1. The summed E-state index contributed by atoms with van der Waals surface area (Å²) in [6.07, 6.45) is 0.447. The number of hydrogen-bond acceptors (Lipinski definition) is 2. The summed E-state index contributed by atoms with van der Waals surface area (Å²) in [7, 11) is 0. The van der Waals surface area contributed by atoms with Gasteiger partial charge in [-0.2, -0.15) is 0 Å². The van der Waals surface area contributed by atoms with Gasteiger partial charge in [0.05, 0.1) is 6.54 Å². The van der Waals surface area contributed by atoms with E-state index in [1.54, 1.807) is 0 Å². The van der Waals surface area contributed by atoms with Gasteiger partial charge in [0.15, 0.2) is 11.6 Å². The largest absolute Gasteiger partial charge is 0.355 e. The van der Waals surface area contributed by atoms with Crippen molar-refractivity contribution in [3.8, 4) is 0 Å². The van der Waals surface area contributed by atoms with Crippen LogP contribution in [0.1, 0.15) is 5.56 Å². The van der Waals surface area contributed by atoms with E-state index in [1.807, 2.05) is 0 Å². The quantitative estimate of drug-likeness (QED) is 0.838. The van der Waals surface area contributed by atoms with Gasteiger partial charge >= 0.3 is 0 Å². The van der Waals surface area contributed by atoms with Crippen molar-refractivity contribution in [1.82, 2.24) is 5.32 Å². The van der Waals surface area contributed by atoms with E-state index in [0.717, 1.165) is 12.1 Å². The predicted octanol–water partition coefficient (Wildman–Crippen LogP) is 1.00. The summed E-state index contributed by atoms with van der Waals surface area (Å²) < 4.78 is 25.3. The van der Waals surface area contributed by atoms with Crippen LogP contribution < -0.4 is 11.1 Å². The fraction of sp³-hybridized carbons (Fsp3) is 0.300. The molecule has 0 bridgehead atoms. The van der Waals surface area contributed by atoms with E-state index >= 15 is 0 Å². The Kier molecular flexibility index (Phi) is 6.60. The fourth-order valence-corrected chi connectivity index (χ4v) is 1.11. The van der Waals surface area contributed by atoms with Crippen LogP contribution in [-0.4, -0.2) is 19.0 Å². The molecule has 16 heavy (non-hydrogen) atoms. The highest BCUT2D eigenvalue weighted by Gasteiger charge is 2.02. The second kappa shape index (κ2) is 7.14. The van der Waals surface area contributed by atoms with Crippen LogP contribution >= 0.6 is 12.4 Å². The molecule has 0 saturated carbocycles. The van der Waals surface area contributed by atoms with Gasteiger partial charge in [-0.05, 0) is 24.1 Å². The van der Waals surface area contributed by atoms with Crippen molar-refractivity contribution in [2.45, 2.75) is 6.42 Å². The lowest BCUT2D eigenvalue weighted by molar-refractivity contribution is -0.119. The van der Waals surface area contributed by atoms with Crippen molar-refractivity contribution in [3.63, 3.8) is 0 Å². The SMILES string of the molecule is Cl.NCC(=O)NCCc1ccc(F)c(F)c1. The predicted molar refractivity (Wildman–Crippen MR) is 59.4 cm³/mol. The Morgan fingerprint density at radius 2 is 2.00 bits per heavy atom. The maximum absolute atomic E-state index is 12.7. The molecule has 3 N–H and O–H groups in total. The highest BCUT2D eigenvalue weighted by atomic mass is 35.5. The van der Waals surface area contributed by atoms with Crippen LogP contribution in [0.15, 0.2) is 18.2 Å². The van der Waals surface area contributed by atoms with Crippen molar-refractivity contribution in [2.24, 2.45) is 5.73 Å². The van der Waals surface area contributed by atoms with Gasteiger partial charge < -0.3 is 11.1 Å². The number of carbonyl (C=O) groups is 1. The fourth-order valence-electron chi connectivity index (χ4n) is 1.11. The molecule has 0 spiro atoms. The van der Waals surface area contributed by atoms with Gasteiger partial charge in [-0.15, -0.1) is 12.4 Å². The van der Waals surface area contributed by atoms with Crippen LogP contribution in [0.3, 0.4) is 0 Å². The molecule has 0 unspecified atom stereocenters. The molecule has 6 heteroatoms. The Labute approximate surface area is 98.4 Å². The van der Waals surface area contributed by atoms with Crippen LogP contribution in [0.4, 0.5) is 8.78 Å². The standard InChI is InChI=1S/C10H12F2N2O.ClH/c11-8-2-1-7(5-9(8)12)3-4-14-10(15)6-13;/h1-2,5H,3-4,6,13H2,(H,14,15);1H. The zero-order valence-corrected chi connectivity index (χ0v) is 9.32. The minimum absolute atomic E-state index is 0. The molecule has 0 aromatic heterocycles. The van der Waals surface area contributed by atoms with Crippen LogP contribution in [0.5, 0.6) is 0 Å². The monoisotopic (exact) mass is 250 g/mol. The lowest BCUT2D eigenvalue weighted by atomic mass is 10.1. The summed E-state index contributed by atoms with van der Waals surface area (Å²) in [4.78, 5) is 10.8. The topological polar surface area (TPSA) is 55.1 Å². The molecule has 3 nitrogen and oxygen atoms in total. The third-order valence-electron chi connectivity index (χ3n) is 1.91. The summed E-state index contributed by atoms with van der Waals surface area (Å²) in [5.41, 5.74) is 5.70. The van der Waals surface area contributed by atoms with Crippen molar-refractivity contribution < 1.29 is 13.6 Å². The molecule has 0 aliphatic rings.